The number of amides is 1. The van der Waals surface area contributed by atoms with E-state index in [1.54, 1.807) is 0 Å². The summed E-state index contributed by atoms with van der Waals surface area (Å²) in [6.07, 6.45) is 7.08. The number of nitrogens with one attached hydrogen (secondary N) is 1. The number of nitrogens with zero attached hydrogens (tertiary/aromatic N) is 1. The third kappa shape index (κ3) is 5.06. The van der Waals surface area contributed by atoms with Crippen LogP contribution >= 0.6 is 0 Å². The number of rotatable bonds is 3. The van der Waals surface area contributed by atoms with Gasteiger partial charge in [0.25, 0.3) is 0 Å². The molecule has 1 aliphatic carbocycles. The molecule has 19 heavy (non-hydrogen) atoms. The SMILES string of the molecule is O=C(NCC#CCN1CCOCC1)C1CC=CCC1. The lowest BCUT2D eigenvalue weighted by molar-refractivity contribution is -0.124. The number of morpholine rings is 1. The van der Waals surface area contributed by atoms with Crippen LogP contribution in [0.1, 0.15) is 19.3 Å². The normalized spacial score (nSPS) is 23.5. The van der Waals surface area contributed by atoms with Gasteiger partial charge in [0.2, 0.25) is 5.91 Å². The maximum absolute atomic E-state index is 11.8. The van der Waals surface area contributed by atoms with Crippen LogP contribution in [0.2, 0.25) is 0 Å². The second kappa shape index (κ2) is 7.98. The fourth-order valence-electron chi connectivity index (χ4n) is 2.30. The van der Waals surface area contributed by atoms with Crippen molar-refractivity contribution in [1.82, 2.24) is 10.2 Å². The predicted octanol–water partition coefficient (Wildman–Crippen LogP) is 0.794. The van der Waals surface area contributed by atoms with E-state index in [9.17, 15) is 4.79 Å². The van der Waals surface area contributed by atoms with Gasteiger partial charge in [-0.15, -0.1) is 0 Å². The van der Waals surface area contributed by atoms with Crippen molar-refractivity contribution in [3.05, 3.63) is 12.2 Å². The van der Waals surface area contributed by atoms with Crippen LogP contribution in [0, 0.1) is 17.8 Å². The van der Waals surface area contributed by atoms with E-state index in [2.05, 4.69) is 34.2 Å². The summed E-state index contributed by atoms with van der Waals surface area (Å²) in [5, 5.41) is 2.90. The summed E-state index contributed by atoms with van der Waals surface area (Å²) in [5.41, 5.74) is 0. The zero-order valence-electron chi connectivity index (χ0n) is 11.4. The van der Waals surface area contributed by atoms with Crippen molar-refractivity contribution in [2.75, 3.05) is 39.4 Å². The topological polar surface area (TPSA) is 41.6 Å². The number of carbonyl (C=O) groups excluding carboxylic acids is 1. The lowest BCUT2D eigenvalue weighted by Crippen LogP contribution is -2.36. The highest BCUT2D eigenvalue weighted by Crippen LogP contribution is 2.17. The molecule has 0 saturated carbocycles. The first-order chi connectivity index (χ1) is 9.36. The predicted molar refractivity (Wildman–Crippen MR) is 74.5 cm³/mol. The van der Waals surface area contributed by atoms with E-state index in [1.165, 1.54) is 0 Å². The van der Waals surface area contributed by atoms with Crippen molar-refractivity contribution in [1.29, 1.82) is 0 Å². The van der Waals surface area contributed by atoms with Crippen molar-refractivity contribution in [3.63, 3.8) is 0 Å². The molecule has 1 amide bonds. The summed E-state index contributed by atoms with van der Waals surface area (Å²) in [6, 6.07) is 0. The Hall–Kier alpha value is -1.31. The molecule has 1 unspecified atom stereocenters. The Morgan fingerprint density at radius 3 is 2.89 bits per heavy atom. The molecule has 0 aromatic heterocycles. The third-order valence-electron chi connectivity index (χ3n) is 3.52. The van der Waals surface area contributed by atoms with E-state index in [0.29, 0.717) is 6.54 Å². The monoisotopic (exact) mass is 262 g/mol. The molecule has 4 nitrogen and oxygen atoms in total. The van der Waals surface area contributed by atoms with E-state index in [-0.39, 0.29) is 11.8 Å². The number of carbonyl (C=O) groups is 1. The van der Waals surface area contributed by atoms with Crippen LogP contribution in [-0.4, -0.2) is 50.2 Å². The van der Waals surface area contributed by atoms with E-state index in [0.717, 1.165) is 52.1 Å². The number of hydrogen-bond donors (Lipinski definition) is 1. The minimum absolute atomic E-state index is 0.144. The van der Waals surface area contributed by atoms with Gasteiger partial charge >= 0.3 is 0 Å². The summed E-state index contributed by atoms with van der Waals surface area (Å²) in [7, 11) is 0. The maximum atomic E-state index is 11.8. The Balaban J connectivity index is 1.60. The molecule has 1 aliphatic heterocycles. The van der Waals surface area contributed by atoms with Gasteiger partial charge in [0, 0.05) is 19.0 Å². The maximum Gasteiger partial charge on any atom is 0.224 e. The van der Waals surface area contributed by atoms with Gasteiger partial charge in [-0.2, -0.15) is 0 Å². The van der Waals surface area contributed by atoms with Gasteiger partial charge < -0.3 is 10.1 Å². The van der Waals surface area contributed by atoms with Crippen molar-refractivity contribution < 1.29 is 9.53 Å². The van der Waals surface area contributed by atoms with Gasteiger partial charge in [-0.3, -0.25) is 9.69 Å². The fraction of sp³-hybridized carbons (Fsp3) is 0.667. The van der Waals surface area contributed by atoms with Crippen LogP contribution < -0.4 is 5.32 Å². The zero-order chi connectivity index (χ0) is 13.3. The van der Waals surface area contributed by atoms with Crippen LogP contribution in [0.5, 0.6) is 0 Å². The fourth-order valence-corrected chi connectivity index (χ4v) is 2.30. The molecule has 0 aromatic carbocycles. The van der Waals surface area contributed by atoms with Crippen LogP contribution in [0.3, 0.4) is 0 Å². The van der Waals surface area contributed by atoms with Gasteiger partial charge in [-0.05, 0) is 19.3 Å². The number of hydrogen-bond acceptors (Lipinski definition) is 3. The first-order valence-electron chi connectivity index (χ1n) is 7.05. The van der Waals surface area contributed by atoms with Gasteiger partial charge in [-0.25, -0.2) is 0 Å². The summed E-state index contributed by atoms with van der Waals surface area (Å²) in [5.74, 6) is 6.41. The second-order valence-electron chi connectivity index (χ2n) is 4.94. The highest BCUT2D eigenvalue weighted by molar-refractivity contribution is 5.79. The Labute approximate surface area is 115 Å². The molecular weight excluding hydrogens is 240 g/mol. The van der Waals surface area contributed by atoms with E-state index >= 15 is 0 Å². The molecular formula is C15H22N2O2. The molecule has 2 rings (SSSR count). The average molecular weight is 262 g/mol. The molecule has 2 aliphatic rings. The number of allylic oxidation sites excluding steroid dienone is 2. The molecule has 0 aromatic rings. The minimum atomic E-state index is 0.144. The second-order valence-corrected chi connectivity index (χ2v) is 4.94. The number of ether oxygens (including phenoxy) is 1. The Kier molecular flexibility index (Phi) is 5.93. The van der Waals surface area contributed by atoms with Gasteiger partial charge in [0.1, 0.15) is 0 Å². The first kappa shape index (κ1) is 14.1. The molecule has 1 saturated heterocycles. The van der Waals surface area contributed by atoms with Crippen molar-refractivity contribution in [3.8, 4) is 11.8 Å². The molecule has 1 fully saturated rings. The smallest absolute Gasteiger partial charge is 0.224 e. The van der Waals surface area contributed by atoms with Crippen LogP contribution in [-0.2, 0) is 9.53 Å². The molecule has 0 bridgehead atoms. The molecule has 104 valence electrons. The Morgan fingerprint density at radius 1 is 1.32 bits per heavy atom. The zero-order valence-corrected chi connectivity index (χ0v) is 11.4. The lowest BCUT2D eigenvalue weighted by atomic mass is 9.94. The molecule has 0 spiro atoms. The van der Waals surface area contributed by atoms with Gasteiger partial charge in [0.05, 0.1) is 26.3 Å². The highest BCUT2D eigenvalue weighted by Gasteiger charge is 2.17. The molecule has 4 heteroatoms. The minimum Gasteiger partial charge on any atom is -0.379 e. The average Bonchev–Trinajstić information content (AvgIpc) is 2.49. The van der Waals surface area contributed by atoms with Crippen LogP contribution in [0.4, 0.5) is 0 Å². The van der Waals surface area contributed by atoms with E-state index in [1.807, 2.05) is 0 Å². The van der Waals surface area contributed by atoms with Crippen molar-refractivity contribution in [2.45, 2.75) is 19.3 Å². The van der Waals surface area contributed by atoms with Crippen molar-refractivity contribution in [2.24, 2.45) is 5.92 Å². The highest BCUT2D eigenvalue weighted by atomic mass is 16.5. The summed E-state index contributed by atoms with van der Waals surface area (Å²) in [6.45, 7) is 4.74. The van der Waals surface area contributed by atoms with Crippen LogP contribution in [0.15, 0.2) is 12.2 Å². The Bertz CT molecular complexity index is 375. The van der Waals surface area contributed by atoms with Gasteiger partial charge in [0.15, 0.2) is 0 Å². The summed E-state index contributed by atoms with van der Waals surface area (Å²) >= 11 is 0. The summed E-state index contributed by atoms with van der Waals surface area (Å²) < 4.78 is 5.27. The third-order valence-corrected chi connectivity index (χ3v) is 3.52. The molecule has 0 radical (unpaired) electrons. The quantitative estimate of drug-likeness (QED) is 0.604. The van der Waals surface area contributed by atoms with Gasteiger partial charge in [-0.1, -0.05) is 24.0 Å². The molecule has 1 N–H and O–H groups in total. The standard InChI is InChI=1S/C15H22N2O2/c18-15(14-6-2-1-3-7-14)16-8-4-5-9-17-10-12-19-13-11-17/h1-2,14H,3,6-13H2,(H,16,18). The van der Waals surface area contributed by atoms with Crippen LogP contribution in [0.25, 0.3) is 0 Å². The lowest BCUT2D eigenvalue weighted by Gasteiger charge is -2.24. The summed E-state index contributed by atoms with van der Waals surface area (Å²) in [4.78, 5) is 14.1. The Morgan fingerprint density at radius 2 is 2.16 bits per heavy atom. The molecule has 1 atom stereocenters. The first-order valence-corrected chi connectivity index (χ1v) is 7.05. The largest absolute Gasteiger partial charge is 0.379 e. The molecule has 1 heterocycles. The van der Waals surface area contributed by atoms with E-state index in [4.69, 9.17) is 4.74 Å². The van der Waals surface area contributed by atoms with Crippen molar-refractivity contribution >= 4 is 5.91 Å². The van der Waals surface area contributed by atoms with E-state index < -0.39 is 0 Å².